The van der Waals surface area contributed by atoms with Gasteiger partial charge in [-0.25, -0.2) is 0 Å². The van der Waals surface area contributed by atoms with Gasteiger partial charge < -0.3 is 0 Å². The highest BCUT2D eigenvalue weighted by Crippen LogP contribution is 2.24. The van der Waals surface area contributed by atoms with Gasteiger partial charge in [0.05, 0.1) is 6.21 Å². The molecule has 1 aliphatic rings. The molecule has 0 fully saturated rings. The molecular formula is C14H10ClN3O2S. The van der Waals surface area contributed by atoms with Crippen molar-refractivity contribution < 1.29 is 8.42 Å². The van der Waals surface area contributed by atoms with E-state index >= 15 is 0 Å². The van der Waals surface area contributed by atoms with Crippen LogP contribution >= 0.6 is 11.6 Å². The minimum Gasteiger partial charge on any atom is -0.260 e. The van der Waals surface area contributed by atoms with Gasteiger partial charge in [0.25, 0.3) is 10.0 Å². The first-order valence-electron chi connectivity index (χ1n) is 6.05. The summed E-state index contributed by atoms with van der Waals surface area (Å²) in [4.78, 5) is 0.189. The number of hydrazone groups is 1. The van der Waals surface area contributed by atoms with Gasteiger partial charge in [-0.05, 0) is 29.8 Å². The molecule has 106 valence electrons. The van der Waals surface area contributed by atoms with Crippen LogP contribution in [-0.4, -0.2) is 20.5 Å². The number of hydrogen-bond acceptors (Lipinski definition) is 4. The summed E-state index contributed by atoms with van der Waals surface area (Å²) in [6.07, 6.45) is 1.56. The standard InChI is InChI=1S/C14H10ClN3O2S/c15-11-7-5-10(6-8-11)9-16-17-14-12-3-1-2-4-13(12)21(19,20)18-14/h1-9H,(H,17,18)/b16-9-. The van der Waals surface area contributed by atoms with E-state index in [-0.39, 0.29) is 10.7 Å². The number of benzene rings is 2. The first-order chi connectivity index (χ1) is 10.1. The monoisotopic (exact) mass is 319 g/mol. The van der Waals surface area contributed by atoms with Crippen molar-refractivity contribution in [2.45, 2.75) is 4.90 Å². The van der Waals surface area contributed by atoms with Crippen molar-refractivity contribution in [2.24, 2.45) is 9.50 Å². The van der Waals surface area contributed by atoms with Gasteiger partial charge in [0.2, 0.25) is 0 Å². The lowest BCUT2D eigenvalue weighted by atomic mass is 10.2. The van der Waals surface area contributed by atoms with Crippen LogP contribution in [0.2, 0.25) is 5.02 Å². The van der Waals surface area contributed by atoms with Crippen molar-refractivity contribution in [3.05, 3.63) is 64.7 Å². The molecule has 0 saturated carbocycles. The fourth-order valence-electron chi connectivity index (χ4n) is 1.90. The first kappa shape index (κ1) is 13.8. The van der Waals surface area contributed by atoms with Crippen LogP contribution in [0.1, 0.15) is 11.1 Å². The summed E-state index contributed by atoms with van der Waals surface area (Å²) in [7, 11) is -3.62. The third kappa shape index (κ3) is 2.81. The Morgan fingerprint density at radius 2 is 1.81 bits per heavy atom. The molecule has 0 aliphatic carbocycles. The molecule has 0 spiro atoms. The molecule has 2 aromatic carbocycles. The summed E-state index contributed by atoms with van der Waals surface area (Å²) in [5.41, 5.74) is 4.02. The Balaban J connectivity index is 1.82. The minimum absolute atomic E-state index is 0.189. The van der Waals surface area contributed by atoms with Crippen LogP contribution in [0.3, 0.4) is 0 Å². The predicted molar refractivity (Wildman–Crippen MR) is 82.3 cm³/mol. The van der Waals surface area contributed by atoms with E-state index in [1.165, 1.54) is 6.07 Å². The summed E-state index contributed by atoms with van der Waals surface area (Å²) in [5.74, 6) is 0.218. The average Bonchev–Trinajstić information content (AvgIpc) is 2.73. The molecule has 0 saturated heterocycles. The molecule has 1 N–H and O–H groups in total. The maximum absolute atomic E-state index is 11.8. The van der Waals surface area contributed by atoms with E-state index in [0.29, 0.717) is 10.6 Å². The van der Waals surface area contributed by atoms with Gasteiger partial charge in [-0.1, -0.05) is 35.9 Å². The molecular weight excluding hydrogens is 310 g/mol. The maximum Gasteiger partial charge on any atom is 0.285 e. The summed E-state index contributed by atoms with van der Waals surface area (Å²) in [5, 5.41) is 4.64. The molecule has 21 heavy (non-hydrogen) atoms. The van der Waals surface area contributed by atoms with Crippen LogP contribution in [0.4, 0.5) is 0 Å². The van der Waals surface area contributed by atoms with Gasteiger partial charge >= 0.3 is 0 Å². The minimum atomic E-state index is -3.62. The number of rotatable bonds is 2. The van der Waals surface area contributed by atoms with E-state index in [0.717, 1.165) is 5.56 Å². The smallest absolute Gasteiger partial charge is 0.260 e. The second-order valence-corrected chi connectivity index (χ2v) is 6.34. The largest absolute Gasteiger partial charge is 0.285 e. The lowest BCUT2D eigenvalue weighted by Gasteiger charge is -2.00. The lowest BCUT2D eigenvalue weighted by Crippen LogP contribution is -2.17. The van der Waals surface area contributed by atoms with E-state index in [2.05, 4.69) is 14.9 Å². The van der Waals surface area contributed by atoms with Crippen molar-refractivity contribution in [1.82, 2.24) is 5.43 Å². The Hall–Kier alpha value is -2.18. The SMILES string of the molecule is O=S1(=O)N=C(N/N=C\c2ccc(Cl)cc2)c2ccccc21. The fourth-order valence-corrected chi connectivity index (χ4v) is 3.20. The van der Waals surface area contributed by atoms with Crippen LogP contribution in [-0.2, 0) is 10.0 Å². The van der Waals surface area contributed by atoms with E-state index in [4.69, 9.17) is 11.6 Å². The summed E-state index contributed by atoms with van der Waals surface area (Å²) < 4.78 is 27.4. The number of hydrogen-bond donors (Lipinski definition) is 1. The summed E-state index contributed by atoms with van der Waals surface area (Å²) in [6.45, 7) is 0. The van der Waals surface area contributed by atoms with Crippen molar-refractivity contribution in [3.63, 3.8) is 0 Å². The fraction of sp³-hybridized carbons (Fsp3) is 0. The van der Waals surface area contributed by atoms with E-state index < -0.39 is 10.0 Å². The molecule has 0 radical (unpaired) electrons. The summed E-state index contributed by atoms with van der Waals surface area (Å²) in [6, 6.07) is 13.7. The molecule has 0 amide bonds. The highest BCUT2D eigenvalue weighted by molar-refractivity contribution is 7.90. The molecule has 0 bridgehead atoms. The van der Waals surface area contributed by atoms with Gasteiger partial charge in [0.1, 0.15) is 4.90 Å². The second kappa shape index (κ2) is 5.31. The number of amidine groups is 1. The third-order valence-electron chi connectivity index (χ3n) is 2.89. The second-order valence-electron chi connectivity index (χ2n) is 4.33. The molecule has 0 aromatic heterocycles. The Morgan fingerprint density at radius 1 is 1.10 bits per heavy atom. The number of sulfonamides is 1. The van der Waals surface area contributed by atoms with Gasteiger partial charge in [-0.3, -0.25) is 5.43 Å². The molecule has 3 rings (SSSR count). The molecule has 2 aromatic rings. The molecule has 0 unspecified atom stereocenters. The van der Waals surface area contributed by atoms with Crippen LogP contribution in [0.5, 0.6) is 0 Å². The Kier molecular flexibility index (Phi) is 3.48. The molecule has 5 nitrogen and oxygen atoms in total. The van der Waals surface area contributed by atoms with Crippen molar-refractivity contribution in [3.8, 4) is 0 Å². The third-order valence-corrected chi connectivity index (χ3v) is 4.47. The number of fused-ring (bicyclic) bond motifs is 1. The topological polar surface area (TPSA) is 70.9 Å². The van der Waals surface area contributed by atoms with Crippen LogP contribution in [0.15, 0.2) is 62.9 Å². The Morgan fingerprint density at radius 3 is 2.57 bits per heavy atom. The van der Waals surface area contributed by atoms with E-state index in [9.17, 15) is 8.42 Å². The zero-order chi connectivity index (χ0) is 14.9. The maximum atomic E-state index is 11.8. The van der Waals surface area contributed by atoms with Crippen LogP contribution < -0.4 is 5.43 Å². The number of nitrogens with one attached hydrogen (secondary N) is 1. The zero-order valence-electron chi connectivity index (χ0n) is 10.7. The quantitative estimate of drug-likeness (QED) is 0.682. The van der Waals surface area contributed by atoms with Crippen molar-refractivity contribution in [2.75, 3.05) is 0 Å². The van der Waals surface area contributed by atoms with E-state index in [1.807, 2.05) is 0 Å². The van der Waals surface area contributed by atoms with E-state index in [1.54, 1.807) is 48.7 Å². The normalized spacial score (nSPS) is 15.8. The lowest BCUT2D eigenvalue weighted by molar-refractivity contribution is 0.599. The highest BCUT2D eigenvalue weighted by Gasteiger charge is 2.27. The molecule has 7 heteroatoms. The summed E-state index contributed by atoms with van der Waals surface area (Å²) >= 11 is 5.79. The highest BCUT2D eigenvalue weighted by atomic mass is 35.5. The number of halogens is 1. The van der Waals surface area contributed by atoms with Gasteiger partial charge in [-0.15, -0.1) is 4.40 Å². The molecule has 0 atom stereocenters. The zero-order valence-corrected chi connectivity index (χ0v) is 12.3. The Labute approximate surface area is 127 Å². The van der Waals surface area contributed by atoms with Crippen LogP contribution in [0.25, 0.3) is 0 Å². The van der Waals surface area contributed by atoms with Crippen molar-refractivity contribution in [1.29, 1.82) is 0 Å². The average molecular weight is 320 g/mol. The predicted octanol–water partition coefficient (Wildman–Crippen LogP) is 2.41. The number of nitrogens with zero attached hydrogens (tertiary/aromatic N) is 2. The molecule has 1 aliphatic heterocycles. The van der Waals surface area contributed by atoms with Gasteiger partial charge in [0.15, 0.2) is 5.84 Å². The van der Waals surface area contributed by atoms with Gasteiger partial charge in [0, 0.05) is 10.6 Å². The van der Waals surface area contributed by atoms with Gasteiger partial charge in [-0.2, -0.15) is 13.5 Å². The first-order valence-corrected chi connectivity index (χ1v) is 7.87. The molecule has 1 heterocycles. The van der Waals surface area contributed by atoms with Crippen LogP contribution in [0, 0.1) is 0 Å². The Bertz CT molecular complexity index is 843. The van der Waals surface area contributed by atoms with Crippen molar-refractivity contribution >= 4 is 33.7 Å².